The lowest BCUT2D eigenvalue weighted by atomic mass is 9.45. The highest BCUT2D eigenvalue weighted by molar-refractivity contribution is 5.25. The summed E-state index contributed by atoms with van der Waals surface area (Å²) in [4.78, 5) is 0. The van der Waals surface area contributed by atoms with Crippen molar-refractivity contribution in [1.82, 2.24) is 0 Å². The van der Waals surface area contributed by atoms with Gasteiger partial charge in [-0.15, -0.1) is 0 Å². The average molecular weight is 321 g/mol. The molecular formula is C21H36O2. The molecule has 132 valence electrons. The third-order valence-electron chi connectivity index (χ3n) is 8.11. The Hall–Kier alpha value is -0.340. The van der Waals surface area contributed by atoms with Crippen molar-refractivity contribution in [3.05, 3.63) is 11.6 Å². The van der Waals surface area contributed by atoms with Gasteiger partial charge in [0.2, 0.25) is 0 Å². The number of allylic oxidation sites excluding steroid dienone is 1. The Kier molecular flexibility index (Phi) is 4.25. The van der Waals surface area contributed by atoms with E-state index >= 15 is 0 Å². The molecule has 6 unspecified atom stereocenters. The second-order valence-corrected chi connectivity index (χ2v) is 9.71. The molecule has 0 amide bonds. The Morgan fingerprint density at radius 3 is 2.48 bits per heavy atom. The number of fused-ring (bicyclic) bond motifs is 3. The van der Waals surface area contributed by atoms with Crippen molar-refractivity contribution in [2.75, 3.05) is 0 Å². The molecule has 0 aliphatic heterocycles. The summed E-state index contributed by atoms with van der Waals surface area (Å²) in [5.41, 5.74) is 1.93. The van der Waals surface area contributed by atoms with E-state index in [2.05, 4.69) is 40.7 Å². The van der Waals surface area contributed by atoms with Crippen molar-refractivity contribution >= 4 is 0 Å². The zero-order chi connectivity index (χ0) is 17.0. The van der Waals surface area contributed by atoms with E-state index in [1.54, 1.807) is 5.57 Å². The van der Waals surface area contributed by atoms with Crippen LogP contribution in [0.15, 0.2) is 11.6 Å². The second kappa shape index (κ2) is 5.59. The smallest absolute Gasteiger partial charge is 0.0625 e. The van der Waals surface area contributed by atoms with Gasteiger partial charge in [-0.3, -0.25) is 0 Å². The maximum absolute atomic E-state index is 10.5. The van der Waals surface area contributed by atoms with Crippen LogP contribution < -0.4 is 0 Å². The van der Waals surface area contributed by atoms with E-state index in [1.807, 2.05) is 0 Å². The van der Waals surface area contributed by atoms with Crippen molar-refractivity contribution < 1.29 is 10.2 Å². The van der Waals surface area contributed by atoms with E-state index in [0.717, 1.165) is 32.1 Å². The fourth-order valence-corrected chi connectivity index (χ4v) is 6.47. The molecule has 6 atom stereocenters. The summed E-state index contributed by atoms with van der Waals surface area (Å²) in [6, 6.07) is 0. The Balaban J connectivity index is 1.93. The van der Waals surface area contributed by atoms with E-state index in [1.165, 1.54) is 12.8 Å². The van der Waals surface area contributed by atoms with Crippen molar-refractivity contribution in [1.29, 1.82) is 0 Å². The normalized spacial score (nSPS) is 47.3. The van der Waals surface area contributed by atoms with Gasteiger partial charge in [0.25, 0.3) is 0 Å². The van der Waals surface area contributed by atoms with Gasteiger partial charge < -0.3 is 10.2 Å². The first-order valence-corrected chi connectivity index (χ1v) is 9.73. The van der Waals surface area contributed by atoms with Crippen molar-refractivity contribution in [2.45, 2.75) is 91.8 Å². The molecule has 0 aromatic rings. The van der Waals surface area contributed by atoms with Crippen LogP contribution >= 0.6 is 0 Å². The van der Waals surface area contributed by atoms with Gasteiger partial charge in [-0.1, -0.05) is 46.3 Å². The number of aliphatic hydroxyl groups is 2. The highest BCUT2D eigenvalue weighted by atomic mass is 16.3. The van der Waals surface area contributed by atoms with Gasteiger partial charge in [0.15, 0.2) is 0 Å². The van der Waals surface area contributed by atoms with Crippen LogP contribution in [-0.4, -0.2) is 22.4 Å². The molecule has 2 fully saturated rings. The molecule has 0 bridgehead atoms. The summed E-state index contributed by atoms with van der Waals surface area (Å²) in [5, 5.41) is 21.0. The van der Waals surface area contributed by atoms with E-state index in [9.17, 15) is 10.2 Å². The van der Waals surface area contributed by atoms with Gasteiger partial charge in [-0.2, -0.15) is 0 Å². The second-order valence-electron chi connectivity index (χ2n) is 9.71. The lowest BCUT2D eigenvalue weighted by Crippen LogP contribution is -2.55. The first-order valence-electron chi connectivity index (χ1n) is 9.73. The molecule has 2 heteroatoms. The number of hydrogen-bond acceptors (Lipinski definition) is 2. The molecule has 3 aliphatic rings. The molecular weight excluding hydrogens is 284 g/mol. The first kappa shape index (κ1) is 17.5. The Morgan fingerprint density at radius 1 is 1.13 bits per heavy atom. The molecule has 2 nitrogen and oxygen atoms in total. The summed E-state index contributed by atoms with van der Waals surface area (Å²) in [6.07, 6.45) is 9.68. The van der Waals surface area contributed by atoms with E-state index < -0.39 is 0 Å². The van der Waals surface area contributed by atoms with E-state index in [0.29, 0.717) is 17.3 Å². The van der Waals surface area contributed by atoms with E-state index in [4.69, 9.17) is 0 Å². The predicted molar refractivity (Wildman–Crippen MR) is 95.1 cm³/mol. The summed E-state index contributed by atoms with van der Waals surface area (Å²) >= 11 is 0. The van der Waals surface area contributed by atoms with Crippen molar-refractivity contribution in [3.63, 3.8) is 0 Å². The van der Waals surface area contributed by atoms with Crippen LogP contribution in [0.25, 0.3) is 0 Å². The highest BCUT2D eigenvalue weighted by Crippen LogP contribution is 2.63. The fraction of sp³-hybridized carbons (Fsp3) is 0.905. The van der Waals surface area contributed by atoms with Gasteiger partial charge in [0.1, 0.15) is 0 Å². The fourth-order valence-electron chi connectivity index (χ4n) is 6.47. The molecule has 0 saturated heterocycles. The zero-order valence-electron chi connectivity index (χ0n) is 15.7. The maximum Gasteiger partial charge on any atom is 0.0625 e. The van der Waals surface area contributed by atoms with E-state index in [-0.39, 0.29) is 23.0 Å². The molecule has 2 saturated carbocycles. The lowest BCUT2D eigenvalue weighted by molar-refractivity contribution is -0.129. The lowest BCUT2D eigenvalue weighted by Gasteiger charge is -2.61. The Bertz CT molecular complexity index is 494. The number of aliphatic hydroxyl groups excluding tert-OH is 2. The molecule has 0 radical (unpaired) electrons. The van der Waals surface area contributed by atoms with Gasteiger partial charge in [0, 0.05) is 5.41 Å². The van der Waals surface area contributed by atoms with Crippen LogP contribution in [0.1, 0.15) is 79.6 Å². The monoisotopic (exact) mass is 320 g/mol. The maximum atomic E-state index is 10.5. The zero-order valence-corrected chi connectivity index (χ0v) is 15.7. The highest BCUT2D eigenvalue weighted by Gasteiger charge is 2.57. The minimum Gasteiger partial charge on any atom is -0.393 e. The topological polar surface area (TPSA) is 40.5 Å². The van der Waals surface area contributed by atoms with Gasteiger partial charge in [0.05, 0.1) is 12.2 Å². The molecule has 3 aliphatic carbocycles. The van der Waals surface area contributed by atoms with Crippen LogP contribution in [0, 0.1) is 28.1 Å². The van der Waals surface area contributed by atoms with Gasteiger partial charge in [-0.25, -0.2) is 0 Å². The number of hydrogen-bond donors (Lipinski definition) is 2. The molecule has 0 aromatic carbocycles. The summed E-state index contributed by atoms with van der Waals surface area (Å²) < 4.78 is 0. The van der Waals surface area contributed by atoms with Crippen LogP contribution in [0.4, 0.5) is 0 Å². The Labute approximate surface area is 142 Å². The molecule has 23 heavy (non-hydrogen) atoms. The van der Waals surface area contributed by atoms with Crippen molar-refractivity contribution in [2.24, 2.45) is 28.1 Å². The quantitative estimate of drug-likeness (QED) is 0.724. The minimum atomic E-state index is -0.217. The third-order valence-corrected chi connectivity index (χ3v) is 8.11. The summed E-state index contributed by atoms with van der Waals surface area (Å²) in [7, 11) is 0. The standard InChI is InChI=1S/C21H36O2/c1-6-17(22)20(4)11-9-15-14(13-20)7-8-16-19(2,3)18(23)10-12-21(15,16)5/h13,15-18,22-23H,6-12H2,1-5H3. The average Bonchev–Trinajstić information content (AvgIpc) is 2.50. The molecule has 2 N–H and O–H groups in total. The van der Waals surface area contributed by atoms with Gasteiger partial charge >= 0.3 is 0 Å². The van der Waals surface area contributed by atoms with Crippen LogP contribution in [-0.2, 0) is 0 Å². The van der Waals surface area contributed by atoms with Crippen LogP contribution in [0.3, 0.4) is 0 Å². The SMILES string of the molecule is CCC(O)C1(C)C=C2CCC3C(C)(C)C(O)CCC3(C)C2CC1. The molecule has 0 heterocycles. The Morgan fingerprint density at radius 2 is 1.83 bits per heavy atom. The summed E-state index contributed by atoms with van der Waals surface area (Å²) in [5.74, 6) is 1.27. The predicted octanol–water partition coefficient (Wildman–Crippen LogP) is 4.70. The third kappa shape index (κ3) is 2.52. The first-order chi connectivity index (χ1) is 10.6. The summed E-state index contributed by atoms with van der Waals surface area (Å²) in [6.45, 7) is 11.4. The molecule has 3 rings (SSSR count). The molecule has 0 spiro atoms. The van der Waals surface area contributed by atoms with Crippen LogP contribution in [0.2, 0.25) is 0 Å². The number of rotatable bonds is 2. The van der Waals surface area contributed by atoms with Gasteiger partial charge in [-0.05, 0) is 67.6 Å². The van der Waals surface area contributed by atoms with Crippen molar-refractivity contribution in [3.8, 4) is 0 Å². The largest absolute Gasteiger partial charge is 0.393 e. The van der Waals surface area contributed by atoms with Crippen LogP contribution in [0.5, 0.6) is 0 Å². The molecule has 0 aromatic heterocycles. The minimum absolute atomic E-state index is 0.0300.